The molecule has 1 saturated heterocycles. The molecule has 0 spiro atoms. The van der Waals surface area contributed by atoms with Crippen molar-refractivity contribution in [1.29, 1.82) is 0 Å². The minimum atomic E-state index is -3.06. The van der Waals surface area contributed by atoms with Crippen molar-refractivity contribution >= 4 is 25.6 Å². The summed E-state index contributed by atoms with van der Waals surface area (Å²) in [5.74, 6) is 1.56. The van der Waals surface area contributed by atoms with Crippen LogP contribution in [0.2, 0.25) is 0 Å². The van der Waals surface area contributed by atoms with Crippen LogP contribution < -0.4 is 14.8 Å². The molecule has 2 fully saturated rings. The maximum absolute atomic E-state index is 12.2. The third-order valence-electron chi connectivity index (χ3n) is 6.63. The van der Waals surface area contributed by atoms with Crippen LogP contribution in [0.1, 0.15) is 37.7 Å². The normalized spacial score (nSPS) is 22.9. The maximum atomic E-state index is 12.2. The van der Waals surface area contributed by atoms with Gasteiger partial charge in [-0.05, 0) is 54.2 Å². The molecular weight excluding hydrogens is 504 g/mol. The van der Waals surface area contributed by atoms with E-state index in [1.807, 2.05) is 18.2 Å². The van der Waals surface area contributed by atoms with E-state index in [4.69, 9.17) is 18.9 Å². The average Bonchev–Trinajstić information content (AvgIpc) is 3.31. The van der Waals surface area contributed by atoms with E-state index in [0.29, 0.717) is 24.9 Å². The monoisotopic (exact) mass is 544 g/mol. The topological polar surface area (TPSA) is 103 Å². The summed E-state index contributed by atoms with van der Waals surface area (Å²) in [5, 5.41) is 2.96. The standard InChI is InChI=1S/C25H40N2O7S2/c1-31-23-9-8-19(16-24(23)32-2)11-14-33-22-7-5-4-6-21(22)27-13-10-20(18-27)34-25(28)17-26-12-15-35-36(3,29)30/h8-9,16,20-22,26H,4-7,10-15,17-18H2,1-3H3/t20-,21-,22-/m1/s1. The highest BCUT2D eigenvalue weighted by molar-refractivity contribution is 8.71. The van der Waals surface area contributed by atoms with E-state index in [2.05, 4.69) is 10.2 Å². The molecule has 0 unspecified atom stereocenters. The molecule has 3 atom stereocenters. The lowest BCUT2D eigenvalue weighted by atomic mass is 9.91. The third kappa shape index (κ3) is 9.41. The van der Waals surface area contributed by atoms with Crippen molar-refractivity contribution in [2.75, 3.05) is 59.0 Å². The summed E-state index contributed by atoms with van der Waals surface area (Å²) in [7, 11) is 1.09. The van der Waals surface area contributed by atoms with E-state index in [1.54, 1.807) is 14.2 Å². The molecule has 0 bridgehead atoms. The van der Waals surface area contributed by atoms with E-state index < -0.39 is 8.87 Å². The first kappa shape index (κ1) is 29.0. The summed E-state index contributed by atoms with van der Waals surface area (Å²) < 4.78 is 45.0. The quantitative estimate of drug-likeness (QED) is 0.213. The van der Waals surface area contributed by atoms with Gasteiger partial charge in [0.05, 0.1) is 33.5 Å². The Morgan fingerprint density at radius 1 is 1.14 bits per heavy atom. The Kier molecular flexibility index (Phi) is 11.6. The molecule has 3 rings (SSSR count). The Morgan fingerprint density at radius 2 is 1.92 bits per heavy atom. The zero-order valence-electron chi connectivity index (χ0n) is 21.6. The number of hydrogen-bond donors (Lipinski definition) is 1. The van der Waals surface area contributed by atoms with E-state index in [-0.39, 0.29) is 24.7 Å². The first-order valence-corrected chi connectivity index (χ1v) is 16.0. The van der Waals surface area contributed by atoms with Gasteiger partial charge in [-0.1, -0.05) is 18.9 Å². The first-order valence-electron chi connectivity index (χ1n) is 12.6. The molecule has 1 aromatic carbocycles. The fourth-order valence-electron chi connectivity index (χ4n) is 4.89. The van der Waals surface area contributed by atoms with Crippen LogP contribution >= 0.6 is 10.8 Å². The number of ether oxygens (including phenoxy) is 4. The van der Waals surface area contributed by atoms with Crippen LogP contribution in [0.3, 0.4) is 0 Å². The van der Waals surface area contributed by atoms with Gasteiger partial charge >= 0.3 is 5.97 Å². The van der Waals surface area contributed by atoms with Crippen LogP contribution in [0, 0.1) is 0 Å². The first-order chi connectivity index (χ1) is 17.3. The predicted octanol–water partition coefficient (Wildman–Crippen LogP) is 2.47. The zero-order valence-corrected chi connectivity index (χ0v) is 23.2. The van der Waals surface area contributed by atoms with Crippen LogP contribution in [-0.4, -0.2) is 96.6 Å². The van der Waals surface area contributed by atoms with Gasteiger partial charge in [0, 0.05) is 37.7 Å². The highest BCUT2D eigenvalue weighted by Crippen LogP contribution is 2.30. The summed E-state index contributed by atoms with van der Waals surface area (Å²) in [5.41, 5.74) is 1.15. The second-order valence-corrected chi connectivity index (χ2v) is 13.9. The Labute approximate surface area is 218 Å². The summed E-state index contributed by atoms with van der Waals surface area (Å²) in [4.78, 5) is 14.6. The van der Waals surface area contributed by atoms with E-state index in [1.165, 1.54) is 19.1 Å². The number of rotatable bonds is 14. The summed E-state index contributed by atoms with van der Waals surface area (Å²) in [6.07, 6.45) is 7.39. The lowest BCUT2D eigenvalue weighted by molar-refractivity contribution is -0.147. The Balaban J connectivity index is 1.40. The minimum Gasteiger partial charge on any atom is -0.493 e. The Morgan fingerprint density at radius 3 is 2.67 bits per heavy atom. The van der Waals surface area contributed by atoms with E-state index in [9.17, 15) is 13.2 Å². The number of hydrogen-bond acceptors (Lipinski definition) is 10. The van der Waals surface area contributed by atoms with Crippen molar-refractivity contribution in [2.24, 2.45) is 0 Å². The molecule has 9 nitrogen and oxygen atoms in total. The van der Waals surface area contributed by atoms with E-state index >= 15 is 0 Å². The fourth-order valence-corrected chi connectivity index (χ4v) is 6.58. The molecule has 0 aromatic heterocycles. The van der Waals surface area contributed by atoms with Gasteiger partial charge < -0.3 is 24.3 Å². The lowest BCUT2D eigenvalue weighted by Crippen LogP contribution is -2.46. The average molecular weight is 545 g/mol. The molecule has 36 heavy (non-hydrogen) atoms. The Hall–Kier alpha value is -1.53. The highest BCUT2D eigenvalue weighted by Gasteiger charge is 2.36. The number of nitrogens with one attached hydrogen (secondary N) is 1. The van der Waals surface area contributed by atoms with Gasteiger partial charge in [0.2, 0.25) is 0 Å². The van der Waals surface area contributed by atoms with Crippen molar-refractivity contribution in [3.63, 3.8) is 0 Å². The molecule has 1 aliphatic carbocycles. The van der Waals surface area contributed by atoms with Crippen molar-refractivity contribution in [3.8, 4) is 11.5 Å². The van der Waals surface area contributed by atoms with Crippen LogP contribution in [0.4, 0.5) is 0 Å². The SMILES string of the molecule is COc1ccc(CCO[C@@H]2CCCC[C@H]2N2CC[C@@H](OC(=O)CNCCSS(C)(=O)=O)C2)cc1OC. The fraction of sp³-hybridized carbons (Fsp3) is 0.720. The smallest absolute Gasteiger partial charge is 0.320 e. The molecule has 1 aliphatic heterocycles. The molecule has 204 valence electrons. The molecule has 1 saturated carbocycles. The van der Waals surface area contributed by atoms with Gasteiger partial charge in [0.1, 0.15) is 6.10 Å². The summed E-state index contributed by atoms with van der Waals surface area (Å²) in [6.45, 7) is 2.80. The molecule has 1 aromatic rings. The van der Waals surface area contributed by atoms with Gasteiger partial charge in [0.25, 0.3) is 0 Å². The zero-order chi connectivity index (χ0) is 26.0. The number of nitrogens with zero attached hydrogens (tertiary/aromatic N) is 1. The van der Waals surface area contributed by atoms with Crippen molar-refractivity contribution in [2.45, 2.75) is 56.8 Å². The van der Waals surface area contributed by atoms with Gasteiger partial charge in [-0.2, -0.15) is 0 Å². The third-order valence-corrected chi connectivity index (χ3v) is 9.21. The predicted molar refractivity (Wildman–Crippen MR) is 141 cm³/mol. The molecule has 1 N–H and O–H groups in total. The second-order valence-electron chi connectivity index (χ2n) is 9.30. The largest absolute Gasteiger partial charge is 0.493 e. The summed E-state index contributed by atoms with van der Waals surface area (Å²) in [6, 6.07) is 6.31. The molecule has 1 heterocycles. The van der Waals surface area contributed by atoms with Gasteiger partial charge in [-0.3, -0.25) is 9.69 Å². The molecule has 0 radical (unpaired) electrons. The minimum absolute atomic E-state index is 0.0894. The number of benzene rings is 1. The number of likely N-dealkylation sites (tertiary alicyclic amines) is 1. The van der Waals surface area contributed by atoms with Gasteiger partial charge in [-0.25, -0.2) is 8.42 Å². The number of methoxy groups -OCH3 is 2. The van der Waals surface area contributed by atoms with Gasteiger partial charge in [0.15, 0.2) is 20.4 Å². The molecule has 2 aliphatic rings. The molecule has 0 amide bonds. The van der Waals surface area contributed by atoms with Crippen LogP contribution in [-0.2, 0) is 29.6 Å². The number of carbonyl (C=O) groups is 1. The molecular formula is C25H40N2O7S2. The van der Waals surface area contributed by atoms with Crippen LogP contribution in [0.25, 0.3) is 0 Å². The lowest BCUT2D eigenvalue weighted by Gasteiger charge is -2.37. The van der Waals surface area contributed by atoms with Crippen LogP contribution in [0.5, 0.6) is 11.5 Å². The Bertz CT molecular complexity index is 944. The molecule has 11 heteroatoms. The number of esters is 1. The van der Waals surface area contributed by atoms with Crippen molar-refractivity contribution in [1.82, 2.24) is 10.2 Å². The van der Waals surface area contributed by atoms with Gasteiger partial charge in [-0.15, -0.1) is 0 Å². The van der Waals surface area contributed by atoms with Crippen LogP contribution in [0.15, 0.2) is 18.2 Å². The second kappa shape index (κ2) is 14.4. The van der Waals surface area contributed by atoms with Crippen molar-refractivity contribution < 1.29 is 32.2 Å². The highest BCUT2D eigenvalue weighted by atomic mass is 33.1. The summed E-state index contributed by atoms with van der Waals surface area (Å²) >= 11 is 0. The van der Waals surface area contributed by atoms with E-state index in [0.717, 1.165) is 66.6 Å². The van der Waals surface area contributed by atoms with Crippen molar-refractivity contribution in [3.05, 3.63) is 23.8 Å². The number of carbonyl (C=O) groups excluding carboxylic acids is 1. The maximum Gasteiger partial charge on any atom is 0.320 e.